The lowest BCUT2D eigenvalue weighted by Gasteiger charge is -2.15. The van der Waals surface area contributed by atoms with E-state index in [9.17, 15) is 19.2 Å². The Labute approximate surface area is 149 Å². The van der Waals surface area contributed by atoms with Gasteiger partial charge in [-0.2, -0.15) is 0 Å². The molecule has 0 saturated carbocycles. The fourth-order valence-electron chi connectivity index (χ4n) is 2.68. The van der Waals surface area contributed by atoms with Crippen LogP contribution in [0.3, 0.4) is 0 Å². The van der Waals surface area contributed by atoms with E-state index in [1.807, 2.05) is 27.7 Å². The zero-order valence-corrected chi connectivity index (χ0v) is 15.7. The third-order valence-electron chi connectivity index (χ3n) is 4.09. The smallest absolute Gasteiger partial charge is 0.233 e. The van der Waals surface area contributed by atoms with Gasteiger partial charge in [0, 0.05) is 37.8 Å². The molecule has 1 N–H and O–H groups in total. The minimum Gasteiger partial charge on any atom is -0.381 e. The number of rotatable bonds is 11. The quantitative estimate of drug-likeness (QED) is 0.446. The van der Waals surface area contributed by atoms with E-state index in [1.54, 1.807) is 0 Å². The summed E-state index contributed by atoms with van der Waals surface area (Å²) in [5.41, 5.74) is 0. The summed E-state index contributed by atoms with van der Waals surface area (Å²) in [6.07, 6.45) is 1.25. The fourth-order valence-corrected chi connectivity index (χ4v) is 2.68. The Morgan fingerprint density at radius 3 is 2.40 bits per heavy atom. The van der Waals surface area contributed by atoms with Crippen LogP contribution in [0.2, 0.25) is 0 Å². The summed E-state index contributed by atoms with van der Waals surface area (Å²) in [6, 6.07) is 0.108. The Morgan fingerprint density at radius 1 is 1.16 bits per heavy atom. The molecule has 1 atom stereocenters. The Kier molecular flexibility index (Phi) is 8.75. The lowest BCUT2D eigenvalue weighted by molar-refractivity contribution is -0.143. The maximum absolute atomic E-state index is 12.1. The molecule has 0 bridgehead atoms. The van der Waals surface area contributed by atoms with Crippen molar-refractivity contribution >= 4 is 23.5 Å². The summed E-state index contributed by atoms with van der Waals surface area (Å²) in [5.74, 6) is -0.909. The molecule has 0 aliphatic carbocycles. The van der Waals surface area contributed by atoms with E-state index >= 15 is 0 Å². The van der Waals surface area contributed by atoms with Crippen LogP contribution in [0.5, 0.6) is 0 Å². The van der Waals surface area contributed by atoms with Crippen molar-refractivity contribution in [2.24, 2.45) is 11.8 Å². The van der Waals surface area contributed by atoms with Crippen LogP contribution in [0.4, 0.5) is 0 Å². The predicted octanol–water partition coefficient (Wildman–Crippen LogP) is 1.30. The van der Waals surface area contributed by atoms with Crippen molar-refractivity contribution in [3.63, 3.8) is 0 Å². The van der Waals surface area contributed by atoms with E-state index in [-0.39, 0.29) is 60.8 Å². The largest absolute Gasteiger partial charge is 0.381 e. The first-order valence-corrected chi connectivity index (χ1v) is 8.95. The molecule has 7 heteroatoms. The zero-order chi connectivity index (χ0) is 19.0. The number of carbonyl (C=O) groups is 4. The van der Waals surface area contributed by atoms with Gasteiger partial charge in [0.1, 0.15) is 0 Å². The maximum atomic E-state index is 12.1. The van der Waals surface area contributed by atoms with Crippen molar-refractivity contribution in [2.75, 3.05) is 19.8 Å². The highest BCUT2D eigenvalue weighted by Gasteiger charge is 2.40. The molecular weight excluding hydrogens is 324 g/mol. The number of amides is 3. The highest BCUT2D eigenvalue weighted by molar-refractivity contribution is 6.06. The second-order valence-electron chi connectivity index (χ2n) is 7.10. The van der Waals surface area contributed by atoms with E-state index in [0.29, 0.717) is 26.1 Å². The fraction of sp³-hybridized carbons (Fsp3) is 0.778. The van der Waals surface area contributed by atoms with Crippen LogP contribution >= 0.6 is 0 Å². The van der Waals surface area contributed by atoms with Gasteiger partial charge in [0.05, 0.1) is 13.2 Å². The Hall–Kier alpha value is -1.76. The average molecular weight is 354 g/mol. The van der Waals surface area contributed by atoms with Crippen molar-refractivity contribution in [2.45, 2.75) is 59.4 Å². The molecule has 3 amide bonds. The maximum Gasteiger partial charge on any atom is 0.233 e. The van der Waals surface area contributed by atoms with Gasteiger partial charge in [-0.15, -0.1) is 0 Å². The summed E-state index contributed by atoms with van der Waals surface area (Å²) in [5, 5.41) is 2.77. The SMILES string of the molecule is CC(C)NC(=O)CCOCCCC(=O)CN1C(=O)CC(C(C)C)C1=O. The molecule has 7 nitrogen and oxygen atoms in total. The number of nitrogens with one attached hydrogen (secondary N) is 1. The summed E-state index contributed by atoms with van der Waals surface area (Å²) < 4.78 is 5.34. The second kappa shape index (κ2) is 10.3. The molecule has 1 aliphatic heterocycles. The second-order valence-corrected chi connectivity index (χ2v) is 7.10. The Bertz CT molecular complexity index is 502. The molecule has 1 aliphatic rings. The minimum absolute atomic E-state index is 0.0585. The molecule has 142 valence electrons. The average Bonchev–Trinajstić information content (AvgIpc) is 2.78. The monoisotopic (exact) mass is 354 g/mol. The van der Waals surface area contributed by atoms with Gasteiger partial charge < -0.3 is 10.1 Å². The van der Waals surface area contributed by atoms with Crippen LogP contribution < -0.4 is 5.32 Å². The summed E-state index contributed by atoms with van der Waals surface area (Å²) >= 11 is 0. The minimum atomic E-state index is -0.305. The summed E-state index contributed by atoms with van der Waals surface area (Å²) in [6.45, 7) is 8.13. The van der Waals surface area contributed by atoms with Crippen LogP contribution in [-0.4, -0.2) is 54.2 Å². The van der Waals surface area contributed by atoms with Crippen LogP contribution in [0.1, 0.15) is 53.4 Å². The molecule has 0 spiro atoms. The summed E-state index contributed by atoms with van der Waals surface area (Å²) in [7, 11) is 0. The topological polar surface area (TPSA) is 92.8 Å². The Balaban J connectivity index is 2.18. The van der Waals surface area contributed by atoms with E-state index in [4.69, 9.17) is 4.74 Å². The van der Waals surface area contributed by atoms with Gasteiger partial charge in [0.15, 0.2) is 5.78 Å². The number of ether oxygens (including phenoxy) is 1. The number of ketones is 1. The third kappa shape index (κ3) is 7.34. The number of hydrogen-bond donors (Lipinski definition) is 1. The van der Waals surface area contributed by atoms with Crippen LogP contribution in [-0.2, 0) is 23.9 Å². The van der Waals surface area contributed by atoms with Gasteiger partial charge in [-0.25, -0.2) is 0 Å². The number of Topliss-reactive ketones (excluding diaryl/α,β-unsaturated/α-hetero) is 1. The van der Waals surface area contributed by atoms with E-state index in [2.05, 4.69) is 5.32 Å². The van der Waals surface area contributed by atoms with Crippen LogP contribution in [0, 0.1) is 11.8 Å². The van der Waals surface area contributed by atoms with Gasteiger partial charge in [-0.3, -0.25) is 24.1 Å². The molecule has 0 aromatic heterocycles. The van der Waals surface area contributed by atoms with Crippen molar-refractivity contribution in [3.8, 4) is 0 Å². The van der Waals surface area contributed by atoms with Gasteiger partial charge in [0.2, 0.25) is 17.7 Å². The van der Waals surface area contributed by atoms with Gasteiger partial charge in [-0.05, 0) is 26.2 Å². The number of carbonyl (C=O) groups excluding carboxylic acids is 4. The van der Waals surface area contributed by atoms with Crippen LogP contribution in [0.15, 0.2) is 0 Å². The molecule has 1 rings (SSSR count). The molecule has 1 fully saturated rings. The molecule has 25 heavy (non-hydrogen) atoms. The lowest BCUT2D eigenvalue weighted by atomic mass is 9.94. The van der Waals surface area contributed by atoms with Crippen molar-refractivity contribution in [1.82, 2.24) is 10.2 Å². The molecule has 1 saturated heterocycles. The number of imide groups is 1. The first-order chi connectivity index (χ1) is 11.7. The Morgan fingerprint density at radius 2 is 1.84 bits per heavy atom. The number of hydrogen-bond acceptors (Lipinski definition) is 5. The first kappa shape index (κ1) is 21.3. The van der Waals surface area contributed by atoms with Crippen molar-refractivity contribution in [3.05, 3.63) is 0 Å². The normalized spacial score (nSPS) is 17.7. The standard InChI is InChI=1S/C18H30N2O5/c1-12(2)15-10-17(23)20(18(15)24)11-14(21)6-5-8-25-9-7-16(22)19-13(3)4/h12-13,15H,5-11H2,1-4H3,(H,19,22). The van der Waals surface area contributed by atoms with Crippen molar-refractivity contribution < 1.29 is 23.9 Å². The van der Waals surface area contributed by atoms with E-state index < -0.39 is 0 Å². The lowest BCUT2D eigenvalue weighted by Crippen LogP contribution is -2.36. The molecule has 0 aromatic carbocycles. The van der Waals surface area contributed by atoms with Gasteiger partial charge in [0.25, 0.3) is 0 Å². The molecule has 0 aromatic rings. The van der Waals surface area contributed by atoms with Crippen molar-refractivity contribution in [1.29, 1.82) is 0 Å². The molecule has 1 unspecified atom stereocenters. The number of likely N-dealkylation sites (tertiary alicyclic amines) is 1. The van der Waals surface area contributed by atoms with E-state index in [1.165, 1.54) is 0 Å². The molecule has 1 heterocycles. The first-order valence-electron chi connectivity index (χ1n) is 8.95. The highest BCUT2D eigenvalue weighted by atomic mass is 16.5. The third-order valence-corrected chi connectivity index (χ3v) is 4.09. The van der Waals surface area contributed by atoms with Crippen LogP contribution in [0.25, 0.3) is 0 Å². The highest BCUT2D eigenvalue weighted by Crippen LogP contribution is 2.26. The number of nitrogens with zero attached hydrogens (tertiary/aromatic N) is 1. The molecular formula is C18H30N2O5. The van der Waals surface area contributed by atoms with Gasteiger partial charge >= 0.3 is 0 Å². The van der Waals surface area contributed by atoms with E-state index in [0.717, 1.165) is 4.90 Å². The van der Waals surface area contributed by atoms with Gasteiger partial charge in [-0.1, -0.05) is 13.8 Å². The predicted molar refractivity (Wildman–Crippen MR) is 92.6 cm³/mol. The summed E-state index contributed by atoms with van der Waals surface area (Å²) in [4.78, 5) is 48.5. The molecule has 0 radical (unpaired) electrons. The zero-order valence-electron chi connectivity index (χ0n) is 15.7.